The maximum atomic E-state index is 12.1. The van der Waals surface area contributed by atoms with Gasteiger partial charge in [-0.25, -0.2) is 10.3 Å². The summed E-state index contributed by atoms with van der Waals surface area (Å²) in [6.45, 7) is -0.268. The van der Waals surface area contributed by atoms with Crippen LogP contribution in [0.5, 0.6) is 5.75 Å². The summed E-state index contributed by atoms with van der Waals surface area (Å²) in [6, 6.07) is 12.6. The minimum absolute atomic E-state index is 0.0867. The van der Waals surface area contributed by atoms with Crippen LogP contribution in [0.15, 0.2) is 42.5 Å². The van der Waals surface area contributed by atoms with Crippen molar-refractivity contribution in [3.05, 3.63) is 64.7 Å². The zero-order valence-corrected chi connectivity index (χ0v) is 14.4. The third kappa shape index (κ3) is 4.61. The fourth-order valence-electron chi connectivity index (χ4n) is 2.95. The van der Waals surface area contributed by atoms with Gasteiger partial charge < -0.3 is 9.84 Å². The Morgan fingerprint density at radius 2 is 1.73 bits per heavy atom. The molecule has 6 nitrogen and oxygen atoms in total. The molecule has 0 radical (unpaired) electrons. The number of aromatic hydroxyl groups is 1. The zero-order valence-electron chi connectivity index (χ0n) is 14.4. The summed E-state index contributed by atoms with van der Waals surface area (Å²) in [7, 11) is 0. The summed E-state index contributed by atoms with van der Waals surface area (Å²) in [4.78, 5) is 28.9. The molecular formula is C20H21NO5. The molecule has 0 fully saturated rings. The molecule has 2 aromatic rings. The van der Waals surface area contributed by atoms with Crippen LogP contribution in [0.1, 0.15) is 39.9 Å². The van der Waals surface area contributed by atoms with Crippen LogP contribution in [-0.2, 0) is 33.8 Å². The van der Waals surface area contributed by atoms with Gasteiger partial charge in [0, 0.05) is 0 Å². The molecule has 136 valence electrons. The number of rotatable bonds is 6. The van der Waals surface area contributed by atoms with Crippen LogP contribution in [0, 0.1) is 0 Å². The number of fused-ring (bicyclic) bond motifs is 1. The molecule has 0 aliphatic heterocycles. The molecule has 1 aliphatic carbocycles. The highest BCUT2D eigenvalue weighted by atomic mass is 16.7. The van der Waals surface area contributed by atoms with Crippen molar-refractivity contribution in [1.82, 2.24) is 5.48 Å². The number of esters is 1. The number of hydrogen-bond acceptors (Lipinski definition) is 5. The number of ether oxygens (including phenoxy) is 1. The standard InChI is InChI=1S/C20H21NO5/c22-18-11-16-9-5-4-8-15(16)10-17(18)20(24)25-13-19(23)21-26-12-14-6-2-1-3-7-14/h1-3,6-7,10-11,22H,4-5,8-9,12-13H2,(H,21,23). The van der Waals surface area contributed by atoms with Gasteiger partial charge in [0.1, 0.15) is 11.3 Å². The molecule has 3 rings (SSSR count). The summed E-state index contributed by atoms with van der Waals surface area (Å²) < 4.78 is 4.97. The number of nitrogens with one attached hydrogen (secondary N) is 1. The van der Waals surface area contributed by atoms with Crippen molar-refractivity contribution in [3.8, 4) is 5.75 Å². The fourth-order valence-corrected chi connectivity index (χ4v) is 2.95. The van der Waals surface area contributed by atoms with Crippen LogP contribution in [0.2, 0.25) is 0 Å². The summed E-state index contributed by atoms with van der Waals surface area (Å²) in [5.74, 6) is -1.42. The Morgan fingerprint density at radius 3 is 2.46 bits per heavy atom. The van der Waals surface area contributed by atoms with Gasteiger partial charge in [0.15, 0.2) is 6.61 Å². The number of aryl methyl sites for hydroxylation is 2. The summed E-state index contributed by atoms with van der Waals surface area (Å²) in [6.07, 6.45) is 3.93. The van der Waals surface area contributed by atoms with E-state index in [1.54, 1.807) is 12.1 Å². The second-order valence-corrected chi connectivity index (χ2v) is 6.22. The maximum absolute atomic E-state index is 12.1. The summed E-state index contributed by atoms with van der Waals surface area (Å²) in [5, 5.41) is 10.0. The predicted molar refractivity (Wildman–Crippen MR) is 94.4 cm³/mol. The SMILES string of the molecule is O=C(COC(=O)c1cc2c(cc1O)CCCC2)NOCc1ccccc1. The van der Waals surface area contributed by atoms with Crippen LogP contribution in [0.4, 0.5) is 0 Å². The van der Waals surface area contributed by atoms with Crippen molar-refractivity contribution in [2.24, 2.45) is 0 Å². The number of carbonyl (C=O) groups excluding carboxylic acids is 2. The van der Waals surface area contributed by atoms with Gasteiger partial charge in [-0.05, 0) is 54.5 Å². The Kier molecular flexibility index (Phi) is 5.86. The van der Waals surface area contributed by atoms with Crippen LogP contribution in [0.3, 0.4) is 0 Å². The number of phenols is 1. The van der Waals surface area contributed by atoms with Crippen LogP contribution in [-0.4, -0.2) is 23.6 Å². The largest absolute Gasteiger partial charge is 0.507 e. The average molecular weight is 355 g/mol. The van der Waals surface area contributed by atoms with Crippen molar-refractivity contribution in [3.63, 3.8) is 0 Å². The molecule has 26 heavy (non-hydrogen) atoms. The molecule has 6 heteroatoms. The summed E-state index contributed by atoms with van der Waals surface area (Å²) >= 11 is 0. The second kappa shape index (κ2) is 8.49. The summed E-state index contributed by atoms with van der Waals surface area (Å²) in [5.41, 5.74) is 5.34. The molecule has 0 spiro atoms. The van der Waals surface area contributed by atoms with E-state index < -0.39 is 18.5 Å². The highest BCUT2D eigenvalue weighted by molar-refractivity contribution is 5.94. The quantitative estimate of drug-likeness (QED) is 0.615. The molecule has 1 amide bonds. The molecule has 0 unspecified atom stereocenters. The maximum Gasteiger partial charge on any atom is 0.342 e. The number of amides is 1. The molecular weight excluding hydrogens is 334 g/mol. The zero-order chi connectivity index (χ0) is 18.4. The van der Waals surface area contributed by atoms with E-state index in [2.05, 4.69) is 5.48 Å². The van der Waals surface area contributed by atoms with E-state index in [4.69, 9.17) is 9.57 Å². The normalized spacial score (nSPS) is 12.9. The lowest BCUT2D eigenvalue weighted by Crippen LogP contribution is -2.29. The Morgan fingerprint density at radius 1 is 1.04 bits per heavy atom. The predicted octanol–water partition coefficient (Wildman–Crippen LogP) is 2.68. The van der Waals surface area contributed by atoms with Crippen molar-refractivity contribution in [1.29, 1.82) is 0 Å². The second-order valence-electron chi connectivity index (χ2n) is 6.22. The molecule has 0 aromatic heterocycles. The first-order valence-electron chi connectivity index (χ1n) is 8.60. The first kappa shape index (κ1) is 17.9. The lowest BCUT2D eigenvalue weighted by molar-refractivity contribution is -0.137. The minimum Gasteiger partial charge on any atom is -0.507 e. The molecule has 2 N–H and O–H groups in total. The van der Waals surface area contributed by atoms with Gasteiger partial charge >= 0.3 is 5.97 Å². The fraction of sp³-hybridized carbons (Fsp3) is 0.300. The lowest BCUT2D eigenvalue weighted by atomic mass is 9.90. The molecule has 0 saturated heterocycles. The third-order valence-corrected chi connectivity index (χ3v) is 4.28. The topological polar surface area (TPSA) is 84.9 Å². The molecule has 2 aromatic carbocycles. The van der Waals surface area contributed by atoms with E-state index >= 15 is 0 Å². The highest BCUT2D eigenvalue weighted by Crippen LogP contribution is 2.28. The van der Waals surface area contributed by atoms with Crippen LogP contribution in [0.25, 0.3) is 0 Å². The monoisotopic (exact) mass is 355 g/mol. The Bertz CT molecular complexity index is 788. The van der Waals surface area contributed by atoms with Gasteiger partial charge in [0.25, 0.3) is 5.91 Å². The van der Waals surface area contributed by atoms with Gasteiger partial charge in [-0.1, -0.05) is 30.3 Å². The molecule has 0 saturated carbocycles. The molecule has 0 bridgehead atoms. The van der Waals surface area contributed by atoms with E-state index in [0.717, 1.165) is 42.4 Å². The van der Waals surface area contributed by atoms with E-state index in [1.807, 2.05) is 30.3 Å². The van der Waals surface area contributed by atoms with Gasteiger partial charge in [-0.2, -0.15) is 0 Å². The van der Waals surface area contributed by atoms with Gasteiger partial charge in [0.05, 0.1) is 6.61 Å². The first-order chi connectivity index (χ1) is 12.6. The van der Waals surface area contributed by atoms with Gasteiger partial charge in [-0.3, -0.25) is 9.63 Å². The van der Waals surface area contributed by atoms with Crippen LogP contribution >= 0.6 is 0 Å². The van der Waals surface area contributed by atoms with Crippen LogP contribution < -0.4 is 5.48 Å². The van der Waals surface area contributed by atoms with E-state index in [1.165, 1.54) is 0 Å². The third-order valence-electron chi connectivity index (χ3n) is 4.28. The van der Waals surface area contributed by atoms with Gasteiger partial charge in [0.2, 0.25) is 0 Å². The highest BCUT2D eigenvalue weighted by Gasteiger charge is 2.19. The number of hydrogen-bond donors (Lipinski definition) is 2. The minimum atomic E-state index is -0.728. The number of hydroxylamine groups is 1. The Hall–Kier alpha value is -2.86. The first-order valence-corrected chi connectivity index (χ1v) is 8.60. The van der Waals surface area contributed by atoms with E-state index in [-0.39, 0.29) is 17.9 Å². The molecule has 0 heterocycles. The number of carbonyl (C=O) groups is 2. The number of phenolic OH excluding ortho intramolecular Hbond substituents is 1. The Labute approximate surface area is 151 Å². The Balaban J connectivity index is 1.48. The van der Waals surface area contributed by atoms with Crippen molar-refractivity contribution in [2.45, 2.75) is 32.3 Å². The molecule has 0 atom stereocenters. The van der Waals surface area contributed by atoms with Crippen molar-refractivity contribution >= 4 is 11.9 Å². The van der Waals surface area contributed by atoms with Crippen molar-refractivity contribution in [2.75, 3.05) is 6.61 Å². The van der Waals surface area contributed by atoms with E-state index in [9.17, 15) is 14.7 Å². The molecule has 1 aliphatic rings. The van der Waals surface area contributed by atoms with Crippen molar-refractivity contribution < 1.29 is 24.3 Å². The van der Waals surface area contributed by atoms with E-state index in [0.29, 0.717) is 0 Å². The van der Waals surface area contributed by atoms with Gasteiger partial charge in [-0.15, -0.1) is 0 Å². The smallest absolute Gasteiger partial charge is 0.342 e. The average Bonchev–Trinajstić information content (AvgIpc) is 2.66. The lowest BCUT2D eigenvalue weighted by Gasteiger charge is -2.17. The number of benzene rings is 2.